The molecule has 0 aromatic heterocycles. The van der Waals surface area contributed by atoms with E-state index in [1.807, 2.05) is 4.90 Å². The van der Waals surface area contributed by atoms with E-state index in [9.17, 15) is 9.59 Å². The highest BCUT2D eigenvalue weighted by Gasteiger charge is 2.37. The Balaban J connectivity index is 1.87. The van der Waals surface area contributed by atoms with Gasteiger partial charge in [0.15, 0.2) is 0 Å². The van der Waals surface area contributed by atoms with Crippen LogP contribution < -0.4 is 11.1 Å². The Kier molecular flexibility index (Phi) is 5.02. The summed E-state index contributed by atoms with van der Waals surface area (Å²) in [7, 11) is 0. The largest absolute Gasteiger partial charge is 0.343 e. The summed E-state index contributed by atoms with van der Waals surface area (Å²) in [6, 6.07) is -0.469. The highest BCUT2D eigenvalue weighted by atomic mass is 16.2. The maximum absolute atomic E-state index is 12.3. The van der Waals surface area contributed by atoms with Crippen molar-refractivity contribution in [3.8, 4) is 0 Å². The third-order valence-corrected chi connectivity index (χ3v) is 4.58. The Morgan fingerprint density at radius 1 is 1.05 bits per heavy atom. The van der Waals surface area contributed by atoms with Crippen LogP contribution >= 0.6 is 0 Å². The number of hydrogen-bond donors (Lipinski definition) is 2. The van der Waals surface area contributed by atoms with E-state index in [-0.39, 0.29) is 11.8 Å². The lowest BCUT2D eigenvalue weighted by molar-refractivity contribution is -0.138. The van der Waals surface area contributed by atoms with Gasteiger partial charge in [0.1, 0.15) is 6.04 Å². The fraction of sp³-hybridized carbons (Fsp3) is 0.867. The Bertz CT molecular complexity index is 358. The number of rotatable bonds is 3. The molecule has 0 aromatic rings. The number of carbonyl (C=O) groups excluding carboxylic acids is 2. The second-order valence-corrected chi connectivity index (χ2v) is 6.30. The summed E-state index contributed by atoms with van der Waals surface area (Å²) in [4.78, 5) is 26.5. The Morgan fingerprint density at radius 2 is 1.60 bits per heavy atom. The number of nitrogens with one attached hydrogen (secondary N) is 1. The lowest BCUT2D eigenvalue weighted by Crippen LogP contribution is -2.59. The Labute approximate surface area is 121 Å². The van der Waals surface area contributed by atoms with Gasteiger partial charge in [-0.15, -0.1) is 0 Å². The number of hydrogen-bond acceptors (Lipinski definition) is 3. The second kappa shape index (κ2) is 6.57. The molecule has 1 unspecified atom stereocenters. The van der Waals surface area contributed by atoms with Crippen molar-refractivity contribution in [3.05, 3.63) is 0 Å². The quantitative estimate of drug-likeness (QED) is 0.815. The van der Waals surface area contributed by atoms with Crippen LogP contribution in [0.5, 0.6) is 0 Å². The van der Waals surface area contributed by atoms with Gasteiger partial charge in [0.05, 0.1) is 5.54 Å². The third kappa shape index (κ3) is 3.51. The zero-order valence-electron chi connectivity index (χ0n) is 12.5. The topological polar surface area (TPSA) is 75.4 Å². The van der Waals surface area contributed by atoms with Gasteiger partial charge in [-0.2, -0.15) is 0 Å². The van der Waals surface area contributed by atoms with Gasteiger partial charge in [-0.05, 0) is 39.0 Å². The van der Waals surface area contributed by atoms with E-state index in [4.69, 9.17) is 5.73 Å². The fourth-order valence-electron chi connectivity index (χ4n) is 3.20. The monoisotopic (exact) mass is 281 g/mol. The zero-order chi connectivity index (χ0) is 14.6. The van der Waals surface area contributed by atoms with Gasteiger partial charge >= 0.3 is 0 Å². The van der Waals surface area contributed by atoms with Crippen molar-refractivity contribution in [2.45, 2.75) is 69.9 Å². The molecule has 1 saturated carbocycles. The van der Waals surface area contributed by atoms with E-state index in [1.165, 1.54) is 6.42 Å². The van der Waals surface area contributed by atoms with Gasteiger partial charge in [0, 0.05) is 13.1 Å². The standard InChI is InChI=1S/C15H27N3O2/c1-12(13(19)18-10-6-3-7-11-18)17-14(20)15(16)8-4-2-5-9-15/h12H,2-11,16H2,1H3,(H,17,20). The Morgan fingerprint density at radius 3 is 2.20 bits per heavy atom. The predicted octanol–water partition coefficient (Wildman–Crippen LogP) is 1.17. The molecule has 20 heavy (non-hydrogen) atoms. The first kappa shape index (κ1) is 15.3. The zero-order valence-corrected chi connectivity index (χ0v) is 12.5. The molecule has 0 aromatic carbocycles. The van der Waals surface area contributed by atoms with Crippen LogP contribution in [0, 0.1) is 0 Å². The summed E-state index contributed by atoms with van der Waals surface area (Å²) in [5, 5.41) is 2.83. The summed E-state index contributed by atoms with van der Waals surface area (Å²) >= 11 is 0. The average Bonchev–Trinajstić information content (AvgIpc) is 2.48. The molecule has 1 aliphatic heterocycles. The molecule has 114 valence electrons. The second-order valence-electron chi connectivity index (χ2n) is 6.30. The molecule has 2 amide bonds. The van der Waals surface area contributed by atoms with Crippen molar-refractivity contribution in [1.82, 2.24) is 10.2 Å². The first-order valence-electron chi connectivity index (χ1n) is 7.91. The molecular weight excluding hydrogens is 254 g/mol. The molecule has 0 bridgehead atoms. The highest BCUT2D eigenvalue weighted by molar-refractivity contribution is 5.91. The van der Waals surface area contributed by atoms with Gasteiger partial charge in [0.25, 0.3) is 0 Å². The first-order valence-corrected chi connectivity index (χ1v) is 7.91. The summed E-state index contributed by atoms with van der Waals surface area (Å²) in [5.41, 5.74) is 5.42. The SMILES string of the molecule is CC(NC(=O)C1(N)CCCCC1)C(=O)N1CCCCC1. The van der Waals surface area contributed by atoms with Crippen molar-refractivity contribution in [1.29, 1.82) is 0 Å². The van der Waals surface area contributed by atoms with E-state index in [2.05, 4.69) is 5.32 Å². The first-order chi connectivity index (χ1) is 9.53. The molecular formula is C15H27N3O2. The molecule has 1 heterocycles. The van der Waals surface area contributed by atoms with Gasteiger partial charge in [-0.3, -0.25) is 9.59 Å². The normalized spacial score (nSPS) is 24.0. The van der Waals surface area contributed by atoms with Crippen LogP contribution in [0.4, 0.5) is 0 Å². The van der Waals surface area contributed by atoms with Gasteiger partial charge in [0.2, 0.25) is 11.8 Å². The number of nitrogens with two attached hydrogens (primary N) is 1. The molecule has 0 spiro atoms. The summed E-state index contributed by atoms with van der Waals surface area (Å²) in [5.74, 6) is -0.132. The number of carbonyl (C=O) groups is 2. The smallest absolute Gasteiger partial charge is 0.244 e. The lowest BCUT2D eigenvalue weighted by atomic mass is 9.82. The molecule has 5 heteroatoms. The maximum Gasteiger partial charge on any atom is 0.244 e. The number of amides is 2. The van der Waals surface area contributed by atoms with Crippen molar-refractivity contribution in [2.75, 3.05) is 13.1 Å². The Hall–Kier alpha value is -1.10. The van der Waals surface area contributed by atoms with E-state index < -0.39 is 11.6 Å². The van der Waals surface area contributed by atoms with Crippen LogP contribution in [0.1, 0.15) is 58.3 Å². The molecule has 1 atom stereocenters. The molecule has 2 aliphatic rings. The minimum Gasteiger partial charge on any atom is -0.343 e. The number of likely N-dealkylation sites (tertiary alicyclic amines) is 1. The van der Waals surface area contributed by atoms with Crippen molar-refractivity contribution >= 4 is 11.8 Å². The minimum absolute atomic E-state index is 0.0254. The summed E-state index contributed by atoms with van der Waals surface area (Å²) in [6.07, 6.45) is 7.91. The lowest BCUT2D eigenvalue weighted by Gasteiger charge is -2.34. The maximum atomic E-state index is 12.3. The molecule has 1 aliphatic carbocycles. The summed E-state index contributed by atoms with van der Waals surface area (Å²) in [6.45, 7) is 3.39. The average molecular weight is 281 g/mol. The number of nitrogens with zero attached hydrogens (tertiary/aromatic N) is 1. The van der Waals surface area contributed by atoms with E-state index >= 15 is 0 Å². The number of piperidine rings is 1. The molecule has 0 radical (unpaired) electrons. The van der Waals surface area contributed by atoms with Crippen molar-refractivity contribution < 1.29 is 9.59 Å². The van der Waals surface area contributed by atoms with Crippen molar-refractivity contribution in [3.63, 3.8) is 0 Å². The third-order valence-electron chi connectivity index (χ3n) is 4.58. The molecule has 5 nitrogen and oxygen atoms in total. The van der Waals surface area contributed by atoms with E-state index in [0.29, 0.717) is 0 Å². The van der Waals surface area contributed by atoms with E-state index in [0.717, 1.165) is 58.0 Å². The molecule has 2 rings (SSSR count). The van der Waals surface area contributed by atoms with Gasteiger partial charge in [-0.25, -0.2) is 0 Å². The minimum atomic E-state index is -0.769. The fourth-order valence-corrected chi connectivity index (χ4v) is 3.20. The molecule has 3 N–H and O–H groups in total. The summed E-state index contributed by atoms with van der Waals surface area (Å²) < 4.78 is 0. The van der Waals surface area contributed by atoms with Gasteiger partial charge < -0.3 is 16.0 Å². The predicted molar refractivity (Wildman–Crippen MR) is 78.0 cm³/mol. The van der Waals surface area contributed by atoms with E-state index in [1.54, 1.807) is 6.92 Å². The van der Waals surface area contributed by atoms with Gasteiger partial charge in [-0.1, -0.05) is 19.3 Å². The molecule has 1 saturated heterocycles. The van der Waals surface area contributed by atoms with Crippen LogP contribution in [0.3, 0.4) is 0 Å². The van der Waals surface area contributed by atoms with Crippen LogP contribution in [0.15, 0.2) is 0 Å². The van der Waals surface area contributed by atoms with Crippen LogP contribution in [-0.2, 0) is 9.59 Å². The van der Waals surface area contributed by atoms with Crippen molar-refractivity contribution in [2.24, 2.45) is 5.73 Å². The highest BCUT2D eigenvalue weighted by Crippen LogP contribution is 2.26. The van der Waals surface area contributed by atoms with Crippen LogP contribution in [0.25, 0.3) is 0 Å². The molecule has 2 fully saturated rings. The van der Waals surface area contributed by atoms with Crippen LogP contribution in [-0.4, -0.2) is 41.4 Å². The van der Waals surface area contributed by atoms with Crippen LogP contribution in [0.2, 0.25) is 0 Å².